The second kappa shape index (κ2) is 5.99. The van der Waals surface area contributed by atoms with E-state index in [9.17, 15) is 15.0 Å². The second-order valence-corrected chi connectivity index (χ2v) is 5.21. The van der Waals surface area contributed by atoms with Gasteiger partial charge in [-0.1, -0.05) is 0 Å². The minimum atomic E-state index is -0.670. The van der Waals surface area contributed by atoms with Gasteiger partial charge in [-0.05, 0) is 20.8 Å². The smallest absolute Gasteiger partial charge is 0.224 e. The Morgan fingerprint density at radius 3 is 2.68 bits per heavy atom. The number of aromatic nitrogens is 1. The minimum absolute atomic E-state index is 0.0657. The number of nitrogens with one attached hydrogen (secondary N) is 1. The van der Waals surface area contributed by atoms with Gasteiger partial charge in [0.15, 0.2) is 0 Å². The summed E-state index contributed by atoms with van der Waals surface area (Å²) in [6.07, 6.45) is 1.53. The fourth-order valence-electron chi connectivity index (χ4n) is 1.60. The van der Waals surface area contributed by atoms with Gasteiger partial charge in [-0.2, -0.15) is 0 Å². The predicted octanol–water partition coefficient (Wildman–Crippen LogP) is 0.189. The monoisotopic (exact) mass is 267 g/mol. The Morgan fingerprint density at radius 2 is 2.16 bits per heavy atom. The van der Waals surface area contributed by atoms with Crippen LogP contribution in [0.4, 0.5) is 0 Å². The molecule has 0 aromatic carbocycles. The molecule has 0 atom stereocenters. The summed E-state index contributed by atoms with van der Waals surface area (Å²) < 4.78 is 0. The van der Waals surface area contributed by atoms with Gasteiger partial charge in [-0.15, -0.1) is 0 Å². The third-order valence-corrected chi connectivity index (χ3v) is 3.14. The molecule has 0 unspecified atom stereocenters. The first-order valence-electron chi connectivity index (χ1n) is 6.07. The summed E-state index contributed by atoms with van der Waals surface area (Å²) in [5.41, 5.74) is 6.27. The zero-order chi connectivity index (χ0) is 14.6. The lowest BCUT2D eigenvalue weighted by Crippen LogP contribution is -2.40. The van der Waals surface area contributed by atoms with Crippen molar-refractivity contribution in [1.82, 2.24) is 10.3 Å². The van der Waals surface area contributed by atoms with Crippen molar-refractivity contribution in [2.24, 2.45) is 11.1 Å². The van der Waals surface area contributed by atoms with Crippen molar-refractivity contribution >= 4 is 5.91 Å². The number of aryl methyl sites for hydroxylation is 1. The van der Waals surface area contributed by atoms with Gasteiger partial charge in [-0.3, -0.25) is 9.78 Å². The third-order valence-electron chi connectivity index (χ3n) is 3.14. The van der Waals surface area contributed by atoms with Gasteiger partial charge in [0.1, 0.15) is 5.75 Å². The summed E-state index contributed by atoms with van der Waals surface area (Å²) in [7, 11) is 0. The molecule has 19 heavy (non-hydrogen) atoms. The number of carbonyl (C=O) groups is 1. The van der Waals surface area contributed by atoms with Crippen molar-refractivity contribution in [3.63, 3.8) is 0 Å². The van der Waals surface area contributed by atoms with Crippen molar-refractivity contribution in [1.29, 1.82) is 0 Å². The van der Waals surface area contributed by atoms with Gasteiger partial charge in [0.05, 0.1) is 17.7 Å². The number of aromatic hydroxyl groups is 1. The van der Waals surface area contributed by atoms with E-state index in [2.05, 4.69) is 10.3 Å². The lowest BCUT2D eigenvalue weighted by molar-refractivity contribution is -0.125. The van der Waals surface area contributed by atoms with E-state index in [0.29, 0.717) is 29.9 Å². The summed E-state index contributed by atoms with van der Waals surface area (Å²) in [6.45, 7) is 5.69. The summed E-state index contributed by atoms with van der Waals surface area (Å²) in [5, 5.41) is 22.2. The summed E-state index contributed by atoms with van der Waals surface area (Å²) in [5.74, 6) is -0.326. The topological polar surface area (TPSA) is 108 Å². The first-order valence-corrected chi connectivity index (χ1v) is 6.07. The molecule has 1 rings (SSSR count). The highest BCUT2D eigenvalue weighted by atomic mass is 16.3. The largest absolute Gasteiger partial charge is 0.506 e. The number of primary amides is 1. The molecule has 0 spiro atoms. The number of pyridine rings is 1. The lowest BCUT2D eigenvalue weighted by atomic mass is 9.92. The average Bonchev–Trinajstić information content (AvgIpc) is 2.34. The Hall–Kier alpha value is -1.66. The highest BCUT2D eigenvalue weighted by Crippen LogP contribution is 2.24. The number of hydrogen-bond donors (Lipinski definition) is 4. The van der Waals surface area contributed by atoms with Crippen LogP contribution in [0.2, 0.25) is 0 Å². The molecule has 0 fully saturated rings. The Morgan fingerprint density at radius 1 is 1.53 bits per heavy atom. The van der Waals surface area contributed by atoms with E-state index >= 15 is 0 Å². The lowest BCUT2D eigenvalue weighted by Gasteiger charge is -2.21. The maximum absolute atomic E-state index is 11.2. The normalized spacial score (nSPS) is 11.6. The molecular weight excluding hydrogens is 246 g/mol. The van der Waals surface area contributed by atoms with E-state index in [1.54, 1.807) is 20.8 Å². The molecule has 0 radical (unpaired) electrons. The molecule has 0 saturated carbocycles. The van der Waals surface area contributed by atoms with Crippen LogP contribution in [0.25, 0.3) is 0 Å². The van der Waals surface area contributed by atoms with Crippen LogP contribution < -0.4 is 11.1 Å². The van der Waals surface area contributed by atoms with E-state index in [-0.39, 0.29) is 12.4 Å². The molecule has 0 aliphatic rings. The molecule has 1 aromatic heterocycles. The van der Waals surface area contributed by atoms with E-state index in [4.69, 9.17) is 5.73 Å². The van der Waals surface area contributed by atoms with Gasteiger partial charge in [-0.25, -0.2) is 0 Å². The first kappa shape index (κ1) is 15.4. The molecule has 1 amide bonds. The van der Waals surface area contributed by atoms with Crippen LogP contribution in [-0.4, -0.2) is 27.6 Å². The molecule has 0 bridgehead atoms. The van der Waals surface area contributed by atoms with Gasteiger partial charge in [0.2, 0.25) is 5.91 Å². The van der Waals surface area contributed by atoms with Crippen molar-refractivity contribution in [3.05, 3.63) is 23.0 Å². The number of nitrogens with zero attached hydrogens (tertiary/aromatic N) is 1. The quantitative estimate of drug-likeness (QED) is 0.588. The zero-order valence-corrected chi connectivity index (χ0v) is 11.5. The van der Waals surface area contributed by atoms with Crippen molar-refractivity contribution in [2.45, 2.75) is 33.9 Å². The van der Waals surface area contributed by atoms with Crippen LogP contribution >= 0.6 is 0 Å². The van der Waals surface area contributed by atoms with Crippen LogP contribution in [0.1, 0.15) is 30.7 Å². The molecule has 1 heterocycles. The number of rotatable bonds is 6. The molecule has 6 heteroatoms. The fourth-order valence-corrected chi connectivity index (χ4v) is 1.60. The Labute approximate surface area is 112 Å². The predicted molar refractivity (Wildman–Crippen MR) is 71.2 cm³/mol. The Balaban J connectivity index is 2.78. The number of hydrogen-bond acceptors (Lipinski definition) is 5. The standard InChI is InChI=1S/C13H21N3O3/c1-8-11(18)10(9(6-17)4-16-8)5-15-7-13(2,3)12(14)19/h4,15,17-18H,5-7H2,1-3H3,(H2,14,19). The number of aliphatic hydroxyl groups excluding tert-OH is 1. The van der Waals surface area contributed by atoms with Gasteiger partial charge >= 0.3 is 0 Å². The SMILES string of the molecule is Cc1ncc(CO)c(CNCC(C)(C)C(N)=O)c1O. The molecule has 0 aliphatic carbocycles. The number of aliphatic hydroxyl groups is 1. The number of amides is 1. The van der Waals surface area contributed by atoms with Gasteiger partial charge in [0.25, 0.3) is 0 Å². The zero-order valence-electron chi connectivity index (χ0n) is 11.5. The maximum Gasteiger partial charge on any atom is 0.224 e. The maximum atomic E-state index is 11.2. The molecule has 5 N–H and O–H groups in total. The van der Waals surface area contributed by atoms with Gasteiger partial charge in [0, 0.05) is 30.4 Å². The van der Waals surface area contributed by atoms with E-state index < -0.39 is 11.3 Å². The van der Waals surface area contributed by atoms with Gasteiger partial charge < -0.3 is 21.3 Å². The number of carbonyl (C=O) groups excluding carboxylic acids is 1. The molecule has 6 nitrogen and oxygen atoms in total. The molecule has 0 aliphatic heterocycles. The highest BCUT2D eigenvalue weighted by Gasteiger charge is 2.24. The van der Waals surface area contributed by atoms with E-state index in [1.165, 1.54) is 6.20 Å². The van der Waals surface area contributed by atoms with Crippen LogP contribution in [0.5, 0.6) is 5.75 Å². The Bertz CT molecular complexity index is 472. The highest BCUT2D eigenvalue weighted by molar-refractivity contribution is 5.80. The second-order valence-electron chi connectivity index (χ2n) is 5.21. The first-order chi connectivity index (χ1) is 8.79. The van der Waals surface area contributed by atoms with Crippen LogP contribution in [-0.2, 0) is 17.9 Å². The molecule has 1 aromatic rings. The molecular formula is C13H21N3O3. The molecule has 106 valence electrons. The van der Waals surface area contributed by atoms with Crippen LogP contribution in [0.3, 0.4) is 0 Å². The summed E-state index contributed by atoms with van der Waals surface area (Å²) in [6, 6.07) is 0. The fraction of sp³-hybridized carbons (Fsp3) is 0.538. The Kier molecular flexibility index (Phi) is 4.85. The summed E-state index contributed by atoms with van der Waals surface area (Å²) >= 11 is 0. The number of nitrogens with two attached hydrogens (primary N) is 1. The minimum Gasteiger partial charge on any atom is -0.506 e. The van der Waals surface area contributed by atoms with Crippen LogP contribution in [0.15, 0.2) is 6.20 Å². The van der Waals surface area contributed by atoms with Crippen LogP contribution in [0, 0.1) is 12.3 Å². The van der Waals surface area contributed by atoms with Crippen molar-refractivity contribution < 1.29 is 15.0 Å². The molecule has 0 saturated heterocycles. The summed E-state index contributed by atoms with van der Waals surface area (Å²) in [4.78, 5) is 15.2. The van der Waals surface area contributed by atoms with Crippen molar-refractivity contribution in [3.8, 4) is 5.75 Å². The van der Waals surface area contributed by atoms with E-state index in [1.807, 2.05) is 0 Å². The van der Waals surface area contributed by atoms with E-state index in [0.717, 1.165) is 0 Å². The van der Waals surface area contributed by atoms with Crippen molar-refractivity contribution in [2.75, 3.05) is 6.54 Å². The third kappa shape index (κ3) is 3.65. The average molecular weight is 267 g/mol.